The van der Waals surface area contributed by atoms with Crippen molar-refractivity contribution >= 4 is 5.82 Å². The minimum Gasteiger partial charge on any atom is -0.473 e. The van der Waals surface area contributed by atoms with Crippen LogP contribution >= 0.6 is 0 Å². The van der Waals surface area contributed by atoms with Crippen LogP contribution in [0.1, 0.15) is 24.7 Å². The normalized spacial score (nSPS) is 12.4. The number of hydrogen-bond donors (Lipinski definition) is 1. The Kier molecular flexibility index (Phi) is 3.77. The third-order valence-electron chi connectivity index (χ3n) is 3.07. The smallest absolute Gasteiger partial charge is 0.231 e. The minimum absolute atomic E-state index is 0.266. The van der Waals surface area contributed by atoms with Crippen molar-refractivity contribution in [1.29, 1.82) is 0 Å². The van der Waals surface area contributed by atoms with Crippen LogP contribution in [0.3, 0.4) is 0 Å². The highest BCUT2D eigenvalue weighted by molar-refractivity contribution is 5.44. The van der Waals surface area contributed by atoms with Gasteiger partial charge in [0.05, 0.1) is 0 Å². The van der Waals surface area contributed by atoms with Crippen LogP contribution in [0.4, 0.5) is 5.82 Å². The molecule has 0 saturated heterocycles. The first kappa shape index (κ1) is 13.5. The molecule has 2 aromatic rings. The van der Waals surface area contributed by atoms with Gasteiger partial charge in [0.1, 0.15) is 18.2 Å². The second kappa shape index (κ2) is 5.87. The number of anilines is 1. The third kappa shape index (κ3) is 3.16. The highest BCUT2D eigenvalue weighted by Crippen LogP contribution is 2.32. The average Bonchev–Trinajstić information content (AvgIpc) is 2.92. The molecule has 1 aromatic heterocycles. The van der Waals surface area contributed by atoms with Gasteiger partial charge in [0.15, 0.2) is 11.5 Å². The van der Waals surface area contributed by atoms with E-state index in [-0.39, 0.29) is 6.79 Å². The fourth-order valence-corrected chi connectivity index (χ4v) is 2.09. The number of ether oxygens (including phenoxy) is 3. The van der Waals surface area contributed by atoms with Gasteiger partial charge in [-0.1, -0.05) is 13.0 Å². The van der Waals surface area contributed by atoms with Crippen LogP contribution in [0.15, 0.2) is 24.3 Å². The van der Waals surface area contributed by atoms with E-state index in [1.165, 1.54) is 0 Å². The van der Waals surface area contributed by atoms with Crippen LogP contribution in [-0.2, 0) is 13.0 Å². The molecule has 0 spiro atoms. The number of rotatable bonds is 5. The zero-order chi connectivity index (χ0) is 14.7. The molecule has 0 saturated carbocycles. The van der Waals surface area contributed by atoms with Crippen LogP contribution in [0.25, 0.3) is 0 Å². The lowest BCUT2D eigenvalue weighted by atomic mass is 10.2. The standard InChI is InChI=1S/C15H17N3O3/c1-2-3-14-17-13(16)7-15(18-14)19-8-10-4-5-11-12(6-10)21-9-20-11/h4-7H,2-3,8-9H2,1H3,(H2,16,17,18). The lowest BCUT2D eigenvalue weighted by Crippen LogP contribution is -2.04. The van der Waals surface area contributed by atoms with E-state index in [1.807, 2.05) is 18.2 Å². The van der Waals surface area contributed by atoms with Crippen LogP contribution in [0, 0.1) is 0 Å². The first-order valence-corrected chi connectivity index (χ1v) is 6.89. The Bertz CT molecular complexity index is 646. The third-order valence-corrected chi connectivity index (χ3v) is 3.07. The van der Waals surface area contributed by atoms with Crippen molar-refractivity contribution in [2.24, 2.45) is 0 Å². The van der Waals surface area contributed by atoms with Crippen molar-refractivity contribution in [2.75, 3.05) is 12.5 Å². The molecule has 0 amide bonds. The van der Waals surface area contributed by atoms with Gasteiger partial charge >= 0.3 is 0 Å². The fraction of sp³-hybridized carbons (Fsp3) is 0.333. The number of nitrogens with zero attached hydrogens (tertiary/aromatic N) is 2. The van der Waals surface area contributed by atoms with E-state index in [9.17, 15) is 0 Å². The van der Waals surface area contributed by atoms with Crippen LogP contribution in [0.5, 0.6) is 17.4 Å². The van der Waals surface area contributed by atoms with E-state index in [4.69, 9.17) is 19.9 Å². The summed E-state index contributed by atoms with van der Waals surface area (Å²) in [5.74, 6) is 3.12. The van der Waals surface area contributed by atoms with Gasteiger partial charge < -0.3 is 19.9 Å². The molecular weight excluding hydrogens is 270 g/mol. The van der Waals surface area contributed by atoms with Gasteiger partial charge in [-0.25, -0.2) is 4.98 Å². The number of fused-ring (bicyclic) bond motifs is 1. The predicted molar refractivity (Wildman–Crippen MR) is 77.3 cm³/mol. The number of nitrogens with two attached hydrogens (primary N) is 1. The van der Waals surface area contributed by atoms with E-state index in [0.29, 0.717) is 24.1 Å². The molecule has 21 heavy (non-hydrogen) atoms. The second-order valence-electron chi connectivity index (χ2n) is 4.77. The summed E-state index contributed by atoms with van der Waals surface area (Å²) in [6.45, 7) is 2.72. The molecule has 1 aromatic carbocycles. The van der Waals surface area contributed by atoms with Gasteiger partial charge in [0.25, 0.3) is 0 Å². The van der Waals surface area contributed by atoms with Crippen LogP contribution in [0.2, 0.25) is 0 Å². The molecule has 6 nitrogen and oxygen atoms in total. The molecule has 110 valence electrons. The average molecular weight is 287 g/mol. The summed E-state index contributed by atoms with van der Waals surface area (Å²) in [5.41, 5.74) is 6.74. The van der Waals surface area contributed by atoms with Gasteiger partial charge in [0.2, 0.25) is 12.7 Å². The molecular formula is C15H17N3O3. The van der Waals surface area contributed by atoms with Crippen LogP contribution < -0.4 is 19.9 Å². The zero-order valence-corrected chi connectivity index (χ0v) is 11.8. The lowest BCUT2D eigenvalue weighted by molar-refractivity contribution is 0.174. The molecule has 6 heteroatoms. The molecule has 3 rings (SSSR count). The van der Waals surface area contributed by atoms with E-state index in [1.54, 1.807) is 6.07 Å². The maximum atomic E-state index is 5.76. The van der Waals surface area contributed by atoms with Gasteiger partial charge in [0, 0.05) is 12.5 Å². The SMILES string of the molecule is CCCc1nc(N)cc(OCc2ccc3c(c2)OCO3)n1. The monoisotopic (exact) mass is 287 g/mol. The summed E-state index contributed by atoms with van der Waals surface area (Å²) in [6.07, 6.45) is 1.75. The molecule has 0 fully saturated rings. The maximum absolute atomic E-state index is 5.76. The number of hydrogen-bond acceptors (Lipinski definition) is 6. The molecule has 0 atom stereocenters. The van der Waals surface area contributed by atoms with Crippen molar-refractivity contribution in [3.8, 4) is 17.4 Å². The maximum Gasteiger partial charge on any atom is 0.231 e. The molecule has 1 aliphatic rings. The molecule has 2 heterocycles. The largest absolute Gasteiger partial charge is 0.473 e. The summed E-state index contributed by atoms with van der Waals surface area (Å²) in [7, 11) is 0. The first-order valence-electron chi connectivity index (χ1n) is 6.89. The van der Waals surface area contributed by atoms with Gasteiger partial charge in [-0.2, -0.15) is 4.98 Å². The Balaban J connectivity index is 1.69. The van der Waals surface area contributed by atoms with Gasteiger partial charge in [-0.3, -0.25) is 0 Å². The molecule has 0 radical (unpaired) electrons. The van der Waals surface area contributed by atoms with Crippen molar-refractivity contribution in [1.82, 2.24) is 9.97 Å². The Hall–Kier alpha value is -2.50. The summed E-state index contributed by atoms with van der Waals surface area (Å²) >= 11 is 0. The number of aryl methyl sites for hydroxylation is 1. The van der Waals surface area contributed by atoms with E-state index >= 15 is 0 Å². The number of aromatic nitrogens is 2. The second-order valence-corrected chi connectivity index (χ2v) is 4.77. The fourth-order valence-electron chi connectivity index (χ4n) is 2.09. The van der Waals surface area contributed by atoms with E-state index in [0.717, 1.165) is 29.9 Å². The first-order chi connectivity index (χ1) is 10.2. The summed E-state index contributed by atoms with van der Waals surface area (Å²) in [6, 6.07) is 7.34. The van der Waals surface area contributed by atoms with Crippen LogP contribution in [-0.4, -0.2) is 16.8 Å². The lowest BCUT2D eigenvalue weighted by Gasteiger charge is -2.08. The van der Waals surface area contributed by atoms with E-state index in [2.05, 4.69) is 16.9 Å². The molecule has 0 aliphatic carbocycles. The highest BCUT2D eigenvalue weighted by atomic mass is 16.7. The van der Waals surface area contributed by atoms with Gasteiger partial charge in [-0.15, -0.1) is 0 Å². The summed E-state index contributed by atoms with van der Waals surface area (Å²) in [4.78, 5) is 8.52. The van der Waals surface area contributed by atoms with Crippen molar-refractivity contribution < 1.29 is 14.2 Å². The van der Waals surface area contributed by atoms with E-state index < -0.39 is 0 Å². The minimum atomic E-state index is 0.266. The Labute approximate surface area is 122 Å². The Morgan fingerprint density at radius 3 is 2.90 bits per heavy atom. The topological polar surface area (TPSA) is 79.5 Å². The molecule has 1 aliphatic heterocycles. The quantitative estimate of drug-likeness (QED) is 0.909. The van der Waals surface area contributed by atoms with Gasteiger partial charge in [-0.05, 0) is 24.1 Å². The van der Waals surface area contributed by atoms with Crippen molar-refractivity contribution in [2.45, 2.75) is 26.4 Å². The highest BCUT2D eigenvalue weighted by Gasteiger charge is 2.13. The molecule has 2 N–H and O–H groups in total. The van der Waals surface area contributed by atoms with Crippen molar-refractivity contribution in [3.05, 3.63) is 35.7 Å². The number of benzene rings is 1. The predicted octanol–water partition coefficient (Wildman–Crippen LogP) is 2.32. The zero-order valence-electron chi connectivity index (χ0n) is 11.8. The summed E-state index contributed by atoms with van der Waals surface area (Å²) in [5, 5.41) is 0. The molecule has 0 bridgehead atoms. The Morgan fingerprint density at radius 1 is 1.19 bits per heavy atom. The number of nitrogen functional groups attached to an aromatic ring is 1. The van der Waals surface area contributed by atoms with Crippen molar-refractivity contribution in [3.63, 3.8) is 0 Å². The summed E-state index contributed by atoms with van der Waals surface area (Å²) < 4.78 is 16.3. The Morgan fingerprint density at radius 2 is 2.05 bits per heavy atom. The molecule has 0 unspecified atom stereocenters.